The van der Waals surface area contributed by atoms with Gasteiger partial charge in [-0.05, 0) is 34.6 Å². The van der Waals surface area contributed by atoms with Crippen LogP contribution in [0.2, 0.25) is 0 Å². The summed E-state index contributed by atoms with van der Waals surface area (Å²) in [6.07, 6.45) is 6.38. The summed E-state index contributed by atoms with van der Waals surface area (Å²) in [6.45, 7) is 0. The topological polar surface area (TPSA) is 89.6 Å². The van der Waals surface area contributed by atoms with Crippen molar-refractivity contribution in [2.75, 3.05) is 7.11 Å². The van der Waals surface area contributed by atoms with Gasteiger partial charge in [0.2, 0.25) is 11.7 Å². The van der Waals surface area contributed by atoms with Crippen LogP contribution in [0.1, 0.15) is 5.69 Å². The molecule has 32 heavy (non-hydrogen) atoms. The maximum atomic E-state index is 11.8. The quantitative estimate of drug-likeness (QED) is 0.427. The molecule has 2 aromatic heterocycles. The number of allylic oxidation sites excluding steroid dienone is 4. The van der Waals surface area contributed by atoms with Crippen LogP contribution >= 0.6 is 0 Å². The van der Waals surface area contributed by atoms with Crippen molar-refractivity contribution in [3.63, 3.8) is 0 Å². The molecule has 0 aliphatic heterocycles. The van der Waals surface area contributed by atoms with Crippen LogP contribution in [0.4, 0.5) is 0 Å². The van der Waals surface area contributed by atoms with Crippen LogP contribution in [-0.4, -0.2) is 37.6 Å². The van der Waals surface area contributed by atoms with E-state index >= 15 is 0 Å². The van der Waals surface area contributed by atoms with E-state index in [0.717, 1.165) is 27.1 Å². The Morgan fingerprint density at radius 2 is 1.56 bits per heavy atom. The number of fused-ring (bicyclic) bond motifs is 7. The number of ether oxygens (including phenoxy) is 1. The van der Waals surface area contributed by atoms with Gasteiger partial charge in [0.25, 0.3) is 5.78 Å². The van der Waals surface area contributed by atoms with Crippen LogP contribution in [0, 0.1) is 0 Å². The summed E-state index contributed by atoms with van der Waals surface area (Å²) in [4.78, 5) is 20.8. The van der Waals surface area contributed by atoms with E-state index in [4.69, 9.17) is 14.8 Å². The van der Waals surface area contributed by atoms with E-state index in [-0.39, 0.29) is 23.2 Å². The first-order valence-electron chi connectivity index (χ1n) is 10.0. The van der Waals surface area contributed by atoms with Crippen molar-refractivity contribution in [2.24, 2.45) is 0 Å². The molecule has 2 heterocycles. The molecule has 0 spiro atoms. The first-order valence-corrected chi connectivity index (χ1v) is 10.0. The minimum absolute atomic E-state index is 0.195. The number of aromatic nitrogens is 4. The first kappa shape index (κ1) is 18.3. The first-order chi connectivity index (χ1) is 15.6. The summed E-state index contributed by atoms with van der Waals surface area (Å²) in [7, 11) is 1.44. The third kappa shape index (κ3) is 2.61. The van der Waals surface area contributed by atoms with Gasteiger partial charge in [0.05, 0.1) is 7.11 Å². The molecular weight excluding hydrogens is 404 g/mol. The van der Waals surface area contributed by atoms with Gasteiger partial charge in [0, 0.05) is 10.8 Å². The number of rotatable bonds is 2. The largest absolute Gasteiger partial charge is 0.493 e. The van der Waals surface area contributed by atoms with Gasteiger partial charge in [-0.25, -0.2) is 4.98 Å². The Labute approximate surface area is 181 Å². The lowest BCUT2D eigenvalue weighted by atomic mass is 10.00. The number of hydrogen-bond donors (Lipinski definition) is 1. The zero-order valence-corrected chi connectivity index (χ0v) is 17.0. The van der Waals surface area contributed by atoms with Gasteiger partial charge in [-0.15, -0.1) is 0 Å². The van der Waals surface area contributed by atoms with Gasteiger partial charge in [0.15, 0.2) is 5.76 Å². The third-order valence-electron chi connectivity index (χ3n) is 5.63. The lowest BCUT2D eigenvalue weighted by Gasteiger charge is -2.09. The standard InChI is InChI=1S/C25H16N4O3/c1-32-21-13-14(10-11-20(21)30)12-19-24(31)27-25-26-22-17-8-4-2-6-15(17)16-7-3-5-9-18(16)23(22)28-29(19)25/h2-13,31H,1H3/b14-12-. The van der Waals surface area contributed by atoms with E-state index in [2.05, 4.69) is 17.1 Å². The minimum Gasteiger partial charge on any atom is -0.493 e. The SMILES string of the molecule is COC1=C/C(=C\c2c(O)nc3nc4c5ccccc5c5ccccc5c4nn23)C=CC1=O. The normalized spacial score (nSPS) is 15.3. The van der Waals surface area contributed by atoms with Crippen molar-refractivity contribution >= 4 is 50.2 Å². The summed E-state index contributed by atoms with van der Waals surface area (Å²) < 4.78 is 6.65. The second-order valence-electron chi connectivity index (χ2n) is 7.49. The van der Waals surface area contributed by atoms with E-state index in [1.54, 1.807) is 18.2 Å². The van der Waals surface area contributed by atoms with Crippen molar-refractivity contribution in [1.82, 2.24) is 19.6 Å². The highest BCUT2D eigenvalue weighted by Gasteiger charge is 2.18. The van der Waals surface area contributed by atoms with Crippen LogP contribution in [0.3, 0.4) is 0 Å². The Hall–Kier alpha value is -4.52. The van der Waals surface area contributed by atoms with Gasteiger partial charge in [-0.3, -0.25) is 4.79 Å². The Morgan fingerprint density at radius 1 is 0.906 bits per heavy atom. The van der Waals surface area contributed by atoms with E-state index in [1.165, 1.54) is 17.7 Å². The number of carbonyl (C=O) groups is 1. The molecule has 1 N–H and O–H groups in total. The summed E-state index contributed by atoms with van der Waals surface area (Å²) in [5.41, 5.74) is 2.48. The van der Waals surface area contributed by atoms with Crippen molar-refractivity contribution in [3.05, 3.63) is 83.8 Å². The molecule has 1 aliphatic rings. The number of methoxy groups -OCH3 is 1. The second-order valence-corrected chi connectivity index (χ2v) is 7.49. The average molecular weight is 420 g/mol. The number of aromatic hydroxyl groups is 1. The molecule has 0 amide bonds. The monoisotopic (exact) mass is 420 g/mol. The molecule has 3 aromatic carbocycles. The Bertz CT molecular complexity index is 1690. The molecule has 6 rings (SSSR count). The summed E-state index contributed by atoms with van der Waals surface area (Å²) in [5.74, 6) is 0.102. The highest BCUT2D eigenvalue weighted by molar-refractivity contribution is 6.23. The van der Waals surface area contributed by atoms with Gasteiger partial charge < -0.3 is 9.84 Å². The number of nitrogens with zero attached hydrogens (tertiary/aromatic N) is 4. The van der Waals surface area contributed by atoms with Crippen LogP contribution < -0.4 is 0 Å². The molecule has 0 atom stereocenters. The number of ketones is 1. The molecule has 0 saturated heterocycles. The molecule has 0 unspecified atom stereocenters. The Kier molecular flexibility index (Phi) is 3.85. The van der Waals surface area contributed by atoms with Crippen molar-refractivity contribution < 1.29 is 14.6 Å². The van der Waals surface area contributed by atoms with E-state index in [9.17, 15) is 9.90 Å². The molecule has 7 nitrogen and oxygen atoms in total. The molecular formula is C25H16N4O3. The highest BCUT2D eigenvalue weighted by Crippen LogP contribution is 2.33. The Balaban J connectivity index is 1.68. The third-order valence-corrected chi connectivity index (χ3v) is 5.63. The fourth-order valence-electron chi connectivity index (χ4n) is 4.15. The minimum atomic E-state index is -0.212. The molecule has 0 fully saturated rings. The number of carbonyl (C=O) groups excluding carboxylic acids is 1. The van der Waals surface area contributed by atoms with Crippen molar-refractivity contribution in [1.29, 1.82) is 0 Å². The fourth-order valence-corrected chi connectivity index (χ4v) is 4.15. The van der Waals surface area contributed by atoms with Gasteiger partial charge in [-0.1, -0.05) is 54.6 Å². The van der Waals surface area contributed by atoms with Gasteiger partial charge >= 0.3 is 0 Å². The molecule has 0 bridgehead atoms. The van der Waals surface area contributed by atoms with Gasteiger partial charge in [0.1, 0.15) is 16.7 Å². The fraction of sp³-hybridized carbons (Fsp3) is 0.0400. The maximum absolute atomic E-state index is 11.8. The average Bonchev–Trinajstić information content (AvgIpc) is 3.13. The van der Waals surface area contributed by atoms with Crippen LogP contribution in [0.5, 0.6) is 5.88 Å². The molecule has 1 aliphatic carbocycles. The van der Waals surface area contributed by atoms with Crippen LogP contribution in [0.25, 0.3) is 44.4 Å². The molecule has 0 radical (unpaired) electrons. The maximum Gasteiger partial charge on any atom is 0.255 e. The lowest BCUT2D eigenvalue weighted by Crippen LogP contribution is -2.05. The van der Waals surface area contributed by atoms with Crippen LogP contribution in [0.15, 0.2) is 78.1 Å². The second kappa shape index (κ2) is 6.75. The summed E-state index contributed by atoms with van der Waals surface area (Å²) >= 11 is 0. The molecule has 5 aromatic rings. The zero-order valence-electron chi connectivity index (χ0n) is 17.0. The predicted octanol–water partition coefficient (Wildman–Crippen LogP) is 4.34. The summed E-state index contributed by atoms with van der Waals surface area (Å²) in [5, 5.41) is 19.5. The van der Waals surface area contributed by atoms with Crippen molar-refractivity contribution in [3.8, 4) is 5.88 Å². The van der Waals surface area contributed by atoms with Gasteiger partial charge in [-0.2, -0.15) is 14.6 Å². The number of hydrogen-bond acceptors (Lipinski definition) is 6. The molecule has 0 saturated carbocycles. The lowest BCUT2D eigenvalue weighted by molar-refractivity contribution is -0.114. The molecule has 154 valence electrons. The smallest absolute Gasteiger partial charge is 0.255 e. The van der Waals surface area contributed by atoms with E-state index in [1.807, 2.05) is 36.4 Å². The van der Waals surface area contributed by atoms with Crippen molar-refractivity contribution in [2.45, 2.75) is 0 Å². The number of imidazole rings is 1. The van der Waals surface area contributed by atoms with Crippen LogP contribution in [-0.2, 0) is 9.53 Å². The predicted molar refractivity (Wildman–Crippen MR) is 122 cm³/mol. The molecule has 7 heteroatoms. The van der Waals surface area contributed by atoms with E-state index in [0.29, 0.717) is 16.8 Å². The highest BCUT2D eigenvalue weighted by atomic mass is 16.5. The number of benzene rings is 3. The van der Waals surface area contributed by atoms with E-state index < -0.39 is 0 Å². The summed E-state index contributed by atoms with van der Waals surface area (Å²) in [6, 6.07) is 16.1. The zero-order chi connectivity index (χ0) is 21.8. The Morgan fingerprint density at radius 3 is 2.25 bits per heavy atom.